The third kappa shape index (κ3) is 4.06. The highest BCUT2D eigenvalue weighted by Crippen LogP contribution is 2.11. The van der Waals surface area contributed by atoms with Crippen molar-refractivity contribution >= 4 is 21.7 Å². The molecule has 104 valence electrons. The van der Waals surface area contributed by atoms with Crippen LogP contribution < -0.4 is 5.32 Å². The summed E-state index contributed by atoms with van der Waals surface area (Å²) in [6.07, 6.45) is 1.06. The molecule has 0 saturated heterocycles. The molecule has 1 aromatic carbocycles. The van der Waals surface area contributed by atoms with Crippen molar-refractivity contribution in [2.24, 2.45) is 0 Å². The topological polar surface area (TPSA) is 89.5 Å². The molecule has 1 N–H and O–H groups in total. The second-order valence-corrected chi connectivity index (χ2v) is 6.03. The molecule has 1 rings (SSSR count). The van der Waals surface area contributed by atoms with Gasteiger partial charge in [0.15, 0.2) is 9.84 Å². The predicted octanol–water partition coefficient (Wildman–Crippen LogP) is 0.381. The molecule has 0 bridgehead atoms. The van der Waals surface area contributed by atoms with E-state index in [1.54, 1.807) is 0 Å². The number of nitrogens with one attached hydrogen (secondary N) is 1. The summed E-state index contributed by atoms with van der Waals surface area (Å²) >= 11 is 0. The summed E-state index contributed by atoms with van der Waals surface area (Å²) in [6.45, 7) is 1.48. The average molecular weight is 285 g/mol. The lowest BCUT2D eigenvalue weighted by Crippen LogP contribution is -2.39. The summed E-state index contributed by atoms with van der Waals surface area (Å²) in [4.78, 5) is 23.1. The van der Waals surface area contributed by atoms with Gasteiger partial charge in [-0.15, -0.1) is 0 Å². The fourth-order valence-electron chi connectivity index (χ4n) is 1.38. The zero-order valence-corrected chi connectivity index (χ0v) is 11.7. The molecule has 0 radical (unpaired) electrons. The molecule has 1 amide bonds. The summed E-state index contributed by atoms with van der Waals surface area (Å²) in [5.74, 6) is -1.11. The van der Waals surface area contributed by atoms with Gasteiger partial charge in [-0.2, -0.15) is 0 Å². The lowest BCUT2D eigenvalue weighted by atomic mass is 10.2. The van der Waals surface area contributed by atoms with E-state index in [0.717, 1.165) is 6.26 Å². The molecule has 19 heavy (non-hydrogen) atoms. The highest BCUT2D eigenvalue weighted by molar-refractivity contribution is 7.90. The smallest absolute Gasteiger partial charge is 0.328 e. The number of carbonyl (C=O) groups excluding carboxylic acids is 2. The van der Waals surface area contributed by atoms with Crippen LogP contribution in [0.25, 0.3) is 0 Å². The quantitative estimate of drug-likeness (QED) is 0.808. The monoisotopic (exact) mass is 285 g/mol. The molecular weight excluding hydrogens is 270 g/mol. The molecule has 1 aromatic rings. The summed E-state index contributed by atoms with van der Waals surface area (Å²) in [6, 6.07) is 4.78. The summed E-state index contributed by atoms with van der Waals surface area (Å²) in [7, 11) is -2.16. The van der Waals surface area contributed by atoms with Crippen LogP contribution in [0.3, 0.4) is 0 Å². The van der Waals surface area contributed by atoms with Crippen LogP contribution in [0.1, 0.15) is 17.3 Å². The molecule has 0 unspecified atom stereocenters. The lowest BCUT2D eigenvalue weighted by molar-refractivity contribution is -0.142. The van der Waals surface area contributed by atoms with Gasteiger partial charge in [0.05, 0.1) is 12.0 Å². The number of ether oxygens (including phenoxy) is 1. The van der Waals surface area contributed by atoms with E-state index in [1.807, 2.05) is 0 Å². The fourth-order valence-corrected chi connectivity index (χ4v) is 2.05. The highest BCUT2D eigenvalue weighted by atomic mass is 32.2. The van der Waals surface area contributed by atoms with Gasteiger partial charge in [-0.05, 0) is 25.1 Å². The molecule has 6 nitrogen and oxygen atoms in total. The van der Waals surface area contributed by atoms with Crippen LogP contribution in [-0.4, -0.2) is 39.7 Å². The predicted molar refractivity (Wildman–Crippen MR) is 68.5 cm³/mol. The number of amides is 1. The Morgan fingerprint density at radius 2 is 1.95 bits per heavy atom. The number of methoxy groups -OCH3 is 1. The van der Waals surface area contributed by atoms with E-state index >= 15 is 0 Å². The van der Waals surface area contributed by atoms with Crippen LogP contribution in [0, 0.1) is 0 Å². The first-order chi connectivity index (χ1) is 8.75. The summed E-state index contributed by atoms with van der Waals surface area (Å²) in [5.41, 5.74) is 0.165. The molecule has 7 heteroatoms. The van der Waals surface area contributed by atoms with E-state index in [4.69, 9.17) is 0 Å². The largest absolute Gasteiger partial charge is 0.467 e. The fraction of sp³-hybridized carbons (Fsp3) is 0.333. The Bertz CT molecular complexity index is 594. The number of hydrogen-bond acceptors (Lipinski definition) is 5. The molecule has 0 aliphatic rings. The Balaban J connectivity index is 2.93. The number of rotatable bonds is 4. The zero-order chi connectivity index (χ0) is 14.6. The van der Waals surface area contributed by atoms with Gasteiger partial charge >= 0.3 is 5.97 Å². The van der Waals surface area contributed by atoms with E-state index in [1.165, 1.54) is 38.3 Å². The third-order valence-corrected chi connectivity index (χ3v) is 3.54. The highest BCUT2D eigenvalue weighted by Gasteiger charge is 2.18. The molecule has 0 aliphatic carbocycles. The van der Waals surface area contributed by atoms with Crippen LogP contribution >= 0.6 is 0 Å². The third-order valence-electron chi connectivity index (χ3n) is 2.43. The van der Waals surface area contributed by atoms with Crippen molar-refractivity contribution in [3.8, 4) is 0 Å². The molecule has 1 atom stereocenters. The minimum absolute atomic E-state index is 0.0471. The van der Waals surface area contributed by atoms with Crippen molar-refractivity contribution in [1.82, 2.24) is 5.32 Å². The first-order valence-electron chi connectivity index (χ1n) is 5.44. The average Bonchev–Trinajstić information content (AvgIpc) is 2.36. The van der Waals surface area contributed by atoms with Gasteiger partial charge in [-0.3, -0.25) is 4.79 Å². The van der Waals surface area contributed by atoms with E-state index in [-0.39, 0.29) is 10.5 Å². The van der Waals surface area contributed by atoms with Crippen molar-refractivity contribution in [2.45, 2.75) is 17.9 Å². The Morgan fingerprint density at radius 3 is 2.47 bits per heavy atom. The second kappa shape index (κ2) is 5.83. The summed E-state index contributed by atoms with van der Waals surface area (Å²) < 4.78 is 27.2. The molecule has 0 saturated carbocycles. The maximum Gasteiger partial charge on any atom is 0.328 e. The van der Waals surface area contributed by atoms with Gasteiger partial charge in [0.1, 0.15) is 6.04 Å². The molecule has 0 aliphatic heterocycles. The van der Waals surface area contributed by atoms with Crippen molar-refractivity contribution in [1.29, 1.82) is 0 Å². The minimum Gasteiger partial charge on any atom is -0.467 e. The summed E-state index contributed by atoms with van der Waals surface area (Å²) in [5, 5.41) is 2.42. The standard InChI is InChI=1S/C12H15NO5S/c1-8(12(15)18-2)13-11(14)9-5-4-6-10(7-9)19(3,16)17/h4-8H,1-3H3,(H,13,14)/t8-/m1/s1. The van der Waals surface area contributed by atoms with Crippen LogP contribution in [0.15, 0.2) is 29.2 Å². The number of esters is 1. The van der Waals surface area contributed by atoms with Crippen molar-refractivity contribution < 1.29 is 22.7 Å². The molecule has 0 fully saturated rings. The van der Waals surface area contributed by atoms with Gasteiger partial charge in [-0.1, -0.05) is 6.07 Å². The maximum absolute atomic E-state index is 11.8. The molecule has 0 spiro atoms. The van der Waals surface area contributed by atoms with Crippen molar-refractivity contribution in [3.05, 3.63) is 29.8 Å². The van der Waals surface area contributed by atoms with Crippen LogP contribution in [0.5, 0.6) is 0 Å². The van der Waals surface area contributed by atoms with Crippen molar-refractivity contribution in [3.63, 3.8) is 0 Å². The van der Waals surface area contributed by atoms with Gasteiger partial charge in [0.25, 0.3) is 5.91 Å². The van der Waals surface area contributed by atoms with Crippen LogP contribution in [-0.2, 0) is 19.4 Å². The van der Waals surface area contributed by atoms with Crippen LogP contribution in [0.2, 0.25) is 0 Å². The minimum atomic E-state index is -3.38. The van der Waals surface area contributed by atoms with Gasteiger partial charge in [-0.25, -0.2) is 13.2 Å². The zero-order valence-electron chi connectivity index (χ0n) is 10.8. The lowest BCUT2D eigenvalue weighted by Gasteiger charge is -2.11. The van der Waals surface area contributed by atoms with Gasteiger partial charge < -0.3 is 10.1 Å². The van der Waals surface area contributed by atoms with Crippen LogP contribution in [0.4, 0.5) is 0 Å². The normalized spacial score (nSPS) is 12.6. The Morgan fingerprint density at radius 1 is 1.32 bits per heavy atom. The molecular formula is C12H15NO5S. The Kier molecular flexibility index (Phi) is 4.66. The molecule has 0 aromatic heterocycles. The number of carbonyl (C=O) groups is 2. The first kappa shape index (κ1) is 15.2. The van der Waals surface area contributed by atoms with Crippen molar-refractivity contribution in [2.75, 3.05) is 13.4 Å². The van der Waals surface area contributed by atoms with Gasteiger partial charge in [0, 0.05) is 11.8 Å². The number of benzene rings is 1. The number of sulfone groups is 1. The number of hydrogen-bond donors (Lipinski definition) is 1. The van der Waals surface area contributed by atoms with E-state index < -0.39 is 27.8 Å². The maximum atomic E-state index is 11.8. The molecule has 0 heterocycles. The van der Waals surface area contributed by atoms with Gasteiger partial charge in [0.2, 0.25) is 0 Å². The SMILES string of the molecule is COC(=O)[C@@H](C)NC(=O)c1cccc(S(C)(=O)=O)c1. The second-order valence-electron chi connectivity index (χ2n) is 4.02. The first-order valence-corrected chi connectivity index (χ1v) is 7.33. The Labute approximate surface area is 111 Å². The van der Waals surface area contributed by atoms with E-state index in [2.05, 4.69) is 10.1 Å². The van der Waals surface area contributed by atoms with E-state index in [0.29, 0.717) is 0 Å². The Hall–Kier alpha value is -1.89. The van der Waals surface area contributed by atoms with E-state index in [9.17, 15) is 18.0 Å².